The van der Waals surface area contributed by atoms with E-state index in [1.165, 1.54) is 11.8 Å². The molecular weight excluding hydrogens is 1040 g/mol. The smallest absolute Gasteiger partial charge is 0.303 e. The lowest BCUT2D eigenvalue weighted by atomic mass is 9.95. The molecule has 3 aromatic carbocycles. The van der Waals surface area contributed by atoms with Crippen LogP contribution in [0.4, 0.5) is 5.69 Å². The van der Waals surface area contributed by atoms with Gasteiger partial charge in [-0.2, -0.15) is 4.98 Å². The van der Waals surface area contributed by atoms with Crippen molar-refractivity contribution in [2.75, 3.05) is 13.2 Å². The van der Waals surface area contributed by atoms with Crippen LogP contribution in [0.5, 0.6) is 0 Å². The van der Waals surface area contributed by atoms with Crippen molar-refractivity contribution in [2.45, 2.75) is 121 Å². The molecule has 0 radical (unpaired) electrons. The Morgan fingerprint density at radius 2 is 1.11 bits per heavy atom. The minimum absolute atomic E-state index is 0. The molecule has 3 heterocycles. The quantitative estimate of drug-likeness (QED) is 0.0761. The van der Waals surface area contributed by atoms with Crippen LogP contribution in [0.25, 0.3) is 5.69 Å². The van der Waals surface area contributed by atoms with Gasteiger partial charge in [-0.15, -0.1) is 12.4 Å². The molecule has 0 N–H and O–H groups in total. The lowest BCUT2D eigenvalue weighted by molar-refractivity contribution is -0.344. The van der Waals surface area contributed by atoms with Crippen molar-refractivity contribution in [3.8, 4) is 5.69 Å². The molecular formula is C48H52Cl2N4O17S2. The van der Waals surface area contributed by atoms with E-state index in [0.717, 1.165) is 65.4 Å². The summed E-state index contributed by atoms with van der Waals surface area (Å²) in [5, 5.41) is 0.848. The van der Waals surface area contributed by atoms with Gasteiger partial charge in [0.1, 0.15) is 31.5 Å². The molecule has 2 aliphatic rings. The van der Waals surface area contributed by atoms with E-state index in [4.69, 9.17) is 73.9 Å². The second-order valence-electron chi connectivity index (χ2n) is 15.9. The summed E-state index contributed by atoms with van der Waals surface area (Å²) in [4.78, 5) is 104. The predicted octanol–water partition coefficient (Wildman–Crippen LogP) is 5.05. The monoisotopic (exact) mass is 1090 g/mol. The summed E-state index contributed by atoms with van der Waals surface area (Å²) in [7, 11) is 0. The molecule has 0 unspecified atom stereocenters. The zero-order valence-electron chi connectivity index (χ0n) is 40.3. The van der Waals surface area contributed by atoms with E-state index >= 15 is 0 Å². The molecule has 73 heavy (non-hydrogen) atoms. The van der Waals surface area contributed by atoms with E-state index < -0.39 is 116 Å². The molecule has 25 heteroatoms. The molecule has 4 aromatic rings. The molecule has 10 atom stereocenters. The minimum Gasteiger partial charge on any atom is -0.463 e. The Morgan fingerprint density at radius 1 is 0.616 bits per heavy atom. The number of para-hydroxylation sites is 1. The van der Waals surface area contributed by atoms with Crippen molar-refractivity contribution < 1.29 is 80.9 Å². The highest BCUT2D eigenvalue weighted by atomic mass is 35.5. The lowest BCUT2D eigenvalue weighted by Crippen LogP contribution is -2.67. The average Bonchev–Trinajstić information content (AvgIpc) is 3.31. The third-order valence-electron chi connectivity index (χ3n) is 10.2. The Balaban J connectivity index is 0.00000988. The van der Waals surface area contributed by atoms with Crippen LogP contribution in [0, 0.1) is 0 Å². The van der Waals surface area contributed by atoms with Crippen LogP contribution in [-0.4, -0.2) is 126 Å². The van der Waals surface area contributed by atoms with E-state index in [1.807, 2.05) is 48.5 Å². The third kappa shape index (κ3) is 16.7. The molecule has 21 nitrogen and oxygen atoms in total. The van der Waals surface area contributed by atoms with Gasteiger partial charge in [0.2, 0.25) is 4.80 Å². The Labute approximate surface area is 437 Å². The summed E-state index contributed by atoms with van der Waals surface area (Å²) >= 11 is 8.77. The first-order chi connectivity index (χ1) is 34.3. The van der Waals surface area contributed by atoms with Crippen molar-refractivity contribution in [3.63, 3.8) is 0 Å². The van der Waals surface area contributed by atoms with Crippen molar-refractivity contribution in [3.05, 3.63) is 105 Å². The van der Waals surface area contributed by atoms with E-state index in [0.29, 0.717) is 27.3 Å². The number of esters is 7. The number of halogens is 2. The van der Waals surface area contributed by atoms with Crippen LogP contribution in [0.3, 0.4) is 0 Å². The Kier molecular flexibility index (Phi) is 21.5. The van der Waals surface area contributed by atoms with Gasteiger partial charge in [0.15, 0.2) is 53.0 Å². The number of carbonyl (C=O) groups excluding carboxylic acids is 7. The van der Waals surface area contributed by atoms with E-state index in [1.54, 1.807) is 41.0 Å². The molecule has 2 fully saturated rings. The first-order valence-corrected chi connectivity index (χ1v) is 24.3. The number of aromatic nitrogens is 2. The maximum atomic E-state index is 13.2. The first kappa shape index (κ1) is 57.7. The van der Waals surface area contributed by atoms with Crippen molar-refractivity contribution in [1.29, 1.82) is 0 Å². The lowest BCUT2D eigenvalue weighted by Gasteiger charge is -2.48. The van der Waals surface area contributed by atoms with Gasteiger partial charge in [0.05, 0.1) is 11.4 Å². The highest BCUT2D eigenvalue weighted by Gasteiger charge is 2.57. The van der Waals surface area contributed by atoms with E-state index in [2.05, 4.69) is 0 Å². The molecule has 392 valence electrons. The minimum atomic E-state index is -1.87. The van der Waals surface area contributed by atoms with Gasteiger partial charge in [-0.1, -0.05) is 83.2 Å². The average molecular weight is 1090 g/mol. The first-order valence-electron chi connectivity index (χ1n) is 22.1. The van der Waals surface area contributed by atoms with Gasteiger partial charge in [-0.05, 0) is 42.0 Å². The molecule has 2 aliphatic heterocycles. The van der Waals surface area contributed by atoms with Crippen molar-refractivity contribution in [2.24, 2.45) is 9.98 Å². The zero-order valence-corrected chi connectivity index (χ0v) is 43.5. The number of nitrogens with zero attached hydrogens (tertiary/aromatic N) is 4. The number of hydrogen-bond acceptors (Lipinski definition) is 22. The SMILES string of the molecule is CC(=O)OC[C@H]1O[C@@H](O[C@H]2[C@H](OC(C)=O)[C@@H](OC(C)=O)[C@H](/N=c3\sc(=Nc4ccccc4)nc(SCc4ccccc4)n3-c3ccc(Cl)cc3)O[C@@H]2COC(C)=O)[C@H](OC(C)=O)[C@@H](OC(C)=O)[C@H]1OC(C)=O.Cl. The largest absolute Gasteiger partial charge is 0.463 e. The van der Waals surface area contributed by atoms with Crippen LogP contribution in [0.15, 0.2) is 100 Å². The predicted molar refractivity (Wildman–Crippen MR) is 260 cm³/mol. The number of benzene rings is 3. The molecule has 0 spiro atoms. The molecule has 1 aromatic heterocycles. The van der Waals surface area contributed by atoms with Crippen molar-refractivity contribution >= 4 is 94.6 Å². The number of carbonyl (C=O) groups is 7. The summed E-state index contributed by atoms with van der Waals surface area (Å²) in [6, 6.07) is 25.5. The van der Waals surface area contributed by atoms with Crippen LogP contribution in [0.2, 0.25) is 5.02 Å². The molecule has 6 rings (SSSR count). The van der Waals surface area contributed by atoms with Crippen LogP contribution >= 0.6 is 47.1 Å². The van der Waals surface area contributed by atoms with Crippen LogP contribution in [-0.2, 0) is 86.7 Å². The molecule has 0 aliphatic carbocycles. The topological polar surface area (TPSA) is 254 Å². The standard InChI is InChI=1S/C48H51ClN4O17S2.ClH/c1-25(54)61-22-36-39(70-45-43(67-31(7)60)41(65-29(5)58)38(63-27(3)56)37(69-45)23-62-26(2)55)40(64-28(4)57)42(66-30(6)59)44(68-36)51-48-53(35-20-18-33(49)19-21-35)47(71-24-32-14-10-8-11-15-32)52-46(72-48)50-34-16-12-9-13-17-34;/h8-21,36-45H,22-24H2,1-7H3;1H/b50-46?,51-48-;/t36-,37-,38+,39-,40+,41+,42-,43-,44-,45+;/m1./s1. The van der Waals surface area contributed by atoms with Gasteiger partial charge in [0.25, 0.3) is 0 Å². The Bertz CT molecular complexity index is 2730. The molecule has 0 amide bonds. The van der Waals surface area contributed by atoms with Crippen LogP contribution < -0.4 is 9.60 Å². The van der Waals surface area contributed by atoms with Gasteiger partial charge in [-0.3, -0.25) is 38.1 Å². The second kappa shape index (κ2) is 27.2. The van der Waals surface area contributed by atoms with Crippen LogP contribution in [0.1, 0.15) is 54.0 Å². The number of ether oxygens (including phenoxy) is 10. The fourth-order valence-electron chi connectivity index (χ4n) is 7.44. The van der Waals surface area contributed by atoms with E-state index in [-0.39, 0.29) is 22.0 Å². The number of hydrogen-bond donors (Lipinski definition) is 0. The van der Waals surface area contributed by atoms with Gasteiger partial charge < -0.3 is 47.4 Å². The van der Waals surface area contributed by atoms with Gasteiger partial charge in [-0.25, -0.2) is 9.98 Å². The maximum absolute atomic E-state index is 13.2. The number of rotatable bonds is 17. The fourth-order valence-corrected chi connectivity index (χ4v) is 9.53. The zero-order chi connectivity index (χ0) is 52.1. The Morgan fingerprint density at radius 3 is 1.66 bits per heavy atom. The fraction of sp³-hybridized carbons (Fsp3) is 0.417. The highest BCUT2D eigenvalue weighted by Crippen LogP contribution is 2.36. The van der Waals surface area contributed by atoms with Gasteiger partial charge >= 0.3 is 41.8 Å². The molecule has 0 bridgehead atoms. The second-order valence-corrected chi connectivity index (χ2v) is 18.2. The molecule has 2 saturated heterocycles. The summed E-state index contributed by atoms with van der Waals surface area (Å²) in [6.07, 6.45) is -16.5. The third-order valence-corrected chi connectivity index (χ3v) is 12.3. The summed E-state index contributed by atoms with van der Waals surface area (Å²) < 4.78 is 60.4. The Hall–Kier alpha value is -6.21. The summed E-state index contributed by atoms with van der Waals surface area (Å²) in [5.74, 6) is -5.61. The van der Waals surface area contributed by atoms with Gasteiger partial charge in [0, 0.05) is 59.2 Å². The highest BCUT2D eigenvalue weighted by molar-refractivity contribution is 7.98. The van der Waals surface area contributed by atoms with Crippen molar-refractivity contribution in [1.82, 2.24) is 9.55 Å². The summed E-state index contributed by atoms with van der Waals surface area (Å²) in [5.41, 5.74) is 2.09. The molecule has 0 saturated carbocycles. The normalized spacial score (nSPS) is 23.9. The number of thioether (sulfide) groups is 1. The maximum Gasteiger partial charge on any atom is 0.303 e. The van der Waals surface area contributed by atoms with E-state index in [9.17, 15) is 33.6 Å². The summed E-state index contributed by atoms with van der Waals surface area (Å²) in [6.45, 7) is 6.32.